The molecule has 0 spiro atoms. The Morgan fingerprint density at radius 1 is 1.73 bits per heavy atom. The molecule has 0 aliphatic rings. The Morgan fingerprint density at radius 3 is 2.80 bits per heavy atom. The van der Waals surface area contributed by atoms with Crippen molar-refractivity contribution in [2.75, 3.05) is 7.05 Å². The number of hydrogen-bond acceptors (Lipinski definition) is 5. The second-order valence-corrected chi connectivity index (χ2v) is 3.16. The van der Waals surface area contributed by atoms with Gasteiger partial charge < -0.3 is 10.3 Å². The van der Waals surface area contributed by atoms with Crippen LogP contribution < -0.4 is 5.73 Å². The third-order valence-corrected chi connectivity index (χ3v) is 2.20. The minimum atomic E-state index is 0.0462. The van der Waals surface area contributed by atoms with Gasteiger partial charge in [0.25, 0.3) is 0 Å². The molecule has 0 saturated heterocycles. The average molecular weight is 228 g/mol. The molecule has 1 aromatic heterocycles. The highest BCUT2D eigenvalue weighted by molar-refractivity contribution is 6.72. The van der Waals surface area contributed by atoms with E-state index in [0.29, 0.717) is 12.0 Å². The maximum Gasteiger partial charge on any atom is 0.155 e. The number of aromatic nitrogens is 1. The molecular formula is C9H10ClN3O2. The number of carbonyl (C=O) groups is 1. The number of aldehydes is 1. The van der Waals surface area contributed by atoms with Gasteiger partial charge in [0.2, 0.25) is 0 Å². The predicted octanol–water partition coefficient (Wildman–Crippen LogP) is 1.12. The zero-order valence-electron chi connectivity index (χ0n) is 8.32. The van der Waals surface area contributed by atoms with Gasteiger partial charge in [0.05, 0.1) is 11.3 Å². The quantitative estimate of drug-likeness (QED) is 0.477. The number of nitrogens with zero attached hydrogens (tertiary/aromatic N) is 2. The summed E-state index contributed by atoms with van der Waals surface area (Å²) in [6.07, 6.45) is 1.97. The summed E-state index contributed by atoms with van der Waals surface area (Å²) in [6.45, 7) is 1.76. The third kappa shape index (κ3) is 2.24. The summed E-state index contributed by atoms with van der Waals surface area (Å²) in [6, 6.07) is 0. The molecular weight excluding hydrogens is 218 g/mol. The van der Waals surface area contributed by atoms with Crippen LogP contribution in [0.25, 0.3) is 5.70 Å². The highest BCUT2D eigenvalue weighted by Gasteiger charge is 2.14. The minimum Gasteiger partial charge on any atom is -0.396 e. The van der Waals surface area contributed by atoms with E-state index in [9.17, 15) is 4.79 Å². The molecule has 0 unspecified atom stereocenters. The predicted molar refractivity (Wildman–Crippen MR) is 57.6 cm³/mol. The van der Waals surface area contributed by atoms with E-state index in [0.717, 1.165) is 5.56 Å². The first-order valence-corrected chi connectivity index (χ1v) is 4.48. The zero-order chi connectivity index (χ0) is 11.4. The summed E-state index contributed by atoms with van der Waals surface area (Å²) in [5.74, 6) is 0. The van der Waals surface area contributed by atoms with Crippen molar-refractivity contribution in [1.29, 1.82) is 0 Å². The van der Waals surface area contributed by atoms with Crippen molar-refractivity contribution in [3.8, 4) is 0 Å². The number of allylic oxidation sites excluding steroid dienone is 1. The summed E-state index contributed by atoms with van der Waals surface area (Å²) in [4.78, 5) is 14.5. The first-order chi connectivity index (χ1) is 7.11. The third-order valence-electron chi connectivity index (χ3n) is 1.83. The fourth-order valence-electron chi connectivity index (χ4n) is 1.02. The van der Waals surface area contributed by atoms with Gasteiger partial charge in [0, 0.05) is 12.6 Å². The van der Waals surface area contributed by atoms with Crippen molar-refractivity contribution >= 4 is 28.8 Å². The first-order valence-electron chi connectivity index (χ1n) is 4.10. The number of hydrogen-bond donors (Lipinski definition) is 1. The van der Waals surface area contributed by atoms with Gasteiger partial charge in [-0.15, -0.1) is 0 Å². The van der Waals surface area contributed by atoms with E-state index in [1.54, 1.807) is 6.92 Å². The maximum atomic E-state index is 10.8. The van der Waals surface area contributed by atoms with Crippen molar-refractivity contribution in [1.82, 2.24) is 5.16 Å². The SMILES string of the molecule is CN=C(Cl)/C(C=O)=C(\N)c1nocc1C. The molecule has 0 radical (unpaired) electrons. The molecule has 0 aliphatic carbocycles. The lowest BCUT2D eigenvalue weighted by molar-refractivity contribution is -0.104. The smallest absolute Gasteiger partial charge is 0.155 e. The van der Waals surface area contributed by atoms with E-state index in [4.69, 9.17) is 21.9 Å². The monoisotopic (exact) mass is 227 g/mol. The standard InChI is InChI=1S/C9H10ClN3O2/c1-5-4-15-13-8(5)7(11)6(3-14)9(10)12-2/h3-4H,11H2,1-2H3/b7-6-,12-9?. The summed E-state index contributed by atoms with van der Waals surface area (Å²) >= 11 is 5.72. The second-order valence-electron chi connectivity index (χ2n) is 2.81. The van der Waals surface area contributed by atoms with Crippen LogP contribution in [0.4, 0.5) is 0 Å². The Hall–Kier alpha value is -1.62. The number of aryl methyl sites for hydroxylation is 1. The lowest BCUT2D eigenvalue weighted by atomic mass is 10.1. The largest absolute Gasteiger partial charge is 0.396 e. The van der Waals surface area contributed by atoms with Gasteiger partial charge in [-0.2, -0.15) is 0 Å². The van der Waals surface area contributed by atoms with E-state index in [1.165, 1.54) is 13.3 Å². The Labute approximate surface area is 91.6 Å². The van der Waals surface area contributed by atoms with Gasteiger partial charge in [-0.25, -0.2) is 0 Å². The lowest BCUT2D eigenvalue weighted by Crippen LogP contribution is -2.09. The summed E-state index contributed by atoms with van der Waals surface area (Å²) in [5.41, 5.74) is 7.13. The normalized spacial score (nSPS) is 13.7. The molecule has 15 heavy (non-hydrogen) atoms. The van der Waals surface area contributed by atoms with Crippen molar-refractivity contribution in [2.45, 2.75) is 6.92 Å². The molecule has 0 bridgehead atoms. The van der Waals surface area contributed by atoms with Gasteiger partial charge >= 0.3 is 0 Å². The topological polar surface area (TPSA) is 81.5 Å². The molecule has 0 atom stereocenters. The molecule has 1 heterocycles. The Bertz CT molecular complexity index is 434. The molecule has 0 amide bonds. The number of halogens is 1. The van der Waals surface area contributed by atoms with Crippen LogP contribution in [0.2, 0.25) is 0 Å². The molecule has 6 heteroatoms. The van der Waals surface area contributed by atoms with Crippen molar-refractivity contribution < 1.29 is 9.32 Å². The van der Waals surface area contributed by atoms with Gasteiger partial charge in [-0.3, -0.25) is 9.79 Å². The molecule has 1 aromatic rings. The number of rotatable bonds is 3. The fraction of sp³-hybridized carbons (Fsp3) is 0.222. The van der Waals surface area contributed by atoms with Crippen LogP contribution in [-0.4, -0.2) is 23.7 Å². The second kappa shape index (κ2) is 4.75. The van der Waals surface area contributed by atoms with Crippen LogP contribution in [0, 0.1) is 6.92 Å². The maximum absolute atomic E-state index is 10.8. The van der Waals surface area contributed by atoms with Crippen LogP contribution in [0.15, 0.2) is 21.4 Å². The van der Waals surface area contributed by atoms with Gasteiger partial charge in [-0.05, 0) is 6.92 Å². The highest BCUT2D eigenvalue weighted by atomic mass is 35.5. The first kappa shape index (κ1) is 11.5. The molecule has 80 valence electrons. The van der Waals surface area contributed by atoms with Crippen LogP contribution in [0.3, 0.4) is 0 Å². The molecule has 1 rings (SSSR count). The highest BCUT2D eigenvalue weighted by Crippen LogP contribution is 2.16. The van der Waals surface area contributed by atoms with Crippen LogP contribution >= 0.6 is 11.6 Å². The number of carbonyl (C=O) groups excluding carboxylic acids is 1. The van der Waals surface area contributed by atoms with Crippen molar-refractivity contribution in [2.24, 2.45) is 10.7 Å². The number of aliphatic imine (C=N–C) groups is 1. The van der Waals surface area contributed by atoms with Crippen molar-refractivity contribution in [3.63, 3.8) is 0 Å². The van der Waals surface area contributed by atoms with E-state index < -0.39 is 0 Å². The Morgan fingerprint density at radius 2 is 2.40 bits per heavy atom. The summed E-state index contributed by atoms with van der Waals surface area (Å²) in [7, 11) is 1.47. The van der Waals surface area contributed by atoms with Crippen LogP contribution in [0.1, 0.15) is 11.3 Å². The molecule has 0 fully saturated rings. The Kier molecular flexibility index (Phi) is 3.62. The van der Waals surface area contributed by atoms with E-state index in [2.05, 4.69) is 10.1 Å². The van der Waals surface area contributed by atoms with Gasteiger partial charge in [-0.1, -0.05) is 16.8 Å². The average Bonchev–Trinajstić information content (AvgIpc) is 2.65. The summed E-state index contributed by atoms with van der Waals surface area (Å²) in [5, 5.41) is 3.72. The van der Waals surface area contributed by atoms with Crippen LogP contribution in [0.5, 0.6) is 0 Å². The van der Waals surface area contributed by atoms with Gasteiger partial charge in [0.1, 0.15) is 17.1 Å². The van der Waals surface area contributed by atoms with Gasteiger partial charge in [0.15, 0.2) is 6.29 Å². The molecule has 0 aromatic carbocycles. The lowest BCUT2D eigenvalue weighted by Gasteiger charge is -2.01. The zero-order valence-corrected chi connectivity index (χ0v) is 9.08. The fourth-order valence-corrected chi connectivity index (χ4v) is 1.17. The van der Waals surface area contributed by atoms with E-state index >= 15 is 0 Å². The van der Waals surface area contributed by atoms with E-state index in [-0.39, 0.29) is 16.4 Å². The molecule has 2 N–H and O–H groups in total. The summed E-state index contributed by atoms with van der Waals surface area (Å²) < 4.78 is 4.71. The van der Waals surface area contributed by atoms with Crippen molar-refractivity contribution in [3.05, 3.63) is 23.1 Å². The Balaban J connectivity index is 3.30. The molecule has 0 aliphatic heterocycles. The number of nitrogens with two attached hydrogens (primary N) is 1. The molecule has 5 nitrogen and oxygen atoms in total. The van der Waals surface area contributed by atoms with E-state index in [1.807, 2.05) is 0 Å². The van der Waals surface area contributed by atoms with Crippen LogP contribution in [-0.2, 0) is 4.79 Å². The molecule has 0 saturated carbocycles. The minimum absolute atomic E-state index is 0.0462.